The van der Waals surface area contributed by atoms with Gasteiger partial charge in [0.15, 0.2) is 0 Å². The number of hydrogen-bond acceptors (Lipinski definition) is 3. The smallest absolute Gasteiger partial charge is 0.243 e. The molecule has 2 atom stereocenters. The molecular weight excluding hydrogens is 500 g/mol. The minimum Gasteiger partial charge on any atom is -0.296 e. The first-order valence-corrected chi connectivity index (χ1v) is 14.3. The Kier molecular flexibility index (Phi) is 9.17. The molecule has 1 aliphatic heterocycles. The van der Waals surface area contributed by atoms with Gasteiger partial charge >= 0.3 is 0 Å². The molecule has 0 saturated carbocycles. The summed E-state index contributed by atoms with van der Waals surface area (Å²) >= 11 is 6.38. The van der Waals surface area contributed by atoms with E-state index in [1.165, 1.54) is 5.56 Å². The van der Waals surface area contributed by atoms with Crippen LogP contribution in [0.15, 0.2) is 121 Å². The van der Waals surface area contributed by atoms with E-state index in [-0.39, 0.29) is 12.0 Å². The van der Waals surface area contributed by atoms with Crippen LogP contribution in [0.2, 0.25) is 5.02 Å². The quantitative estimate of drug-likeness (QED) is 0.212. The van der Waals surface area contributed by atoms with Gasteiger partial charge in [0.25, 0.3) is 0 Å². The molecule has 192 valence electrons. The van der Waals surface area contributed by atoms with Crippen LogP contribution in [0.25, 0.3) is 11.1 Å². The number of benzene rings is 3. The summed E-state index contributed by atoms with van der Waals surface area (Å²) in [7, 11) is -3.64. The normalized spacial score (nSPS) is 18.0. The molecule has 3 aromatic carbocycles. The lowest BCUT2D eigenvalue weighted by Crippen LogP contribution is -2.57. The summed E-state index contributed by atoms with van der Waals surface area (Å²) in [5.74, 6) is -0.0145. The SMILES string of the molecule is C=C/C=C\C(CC=C)[C@H]1CN(Cc2ccc(-c3ccccc3Cl)cc2)CCN1S(=O)(=O)c1ccccc1. The number of hydrogen-bond donors (Lipinski definition) is 0. The molecule has 1 saturated heterocycles. The molecule has 0 spiro atoms. The van der Waals surface area contributed by atoms with Crippen LogP contribution in [-0.2, 0) is 16.6 Å². The summed E-state index contributed by atoms with van der Waals surface area (Å²) in [6.07, 6.45) is 8.21. The molecule has 1 fully saturated rings. The summed E-state index contributed by atoms with van der Waals surface area (Å²) in [6.45, 7) is 10.2. The molecule has 0 bridgehead atoms. The number of allylic oxidation sites excluding steroid dienone is 3. The van der Waals surface area contributed by atoms with E-state index < -0.39 is 10.0 Å². The lowest BCUT2D eigenvalue weighted by Gasteiger charge is -2.43. The minimum atomic E-state index is -3.64. The van der Waals surface area contributed by atoms with Crippen LogP contribution in [0.4, 0.5) is 0 Å². The third-order valence-corrected chi connectivity index (χ3v) is 9.04. The lowest BCUT2D eigenvalue weighted by atomic mass is 9.93. The van der Waals surface area contributed by atoms with Gasteiger partial charge in [-0.2, -0.15) is 4.31 Å². The molecular formula is C31H33ClN2O2S. The van der Waals surface area contributed by atoms with Gasteiger partial charge in [0, 0.05) is 42.8 Å². The highest BCUT2D eigenvalue weighted by Crippen LogP contribution is 2.30. The molecule has 1 heterocycles. The van der Waals surface area contributed by atoms with Crippen LogP contribution < -0.4 is 0 Å². The second-order valence-corrected chi connectivity index (χ2v) is 11.5. The number of rotatable bonds is 10. The Bertz CT molecular complexity index is 1340. The molecule has 0 radical (unpaired) electrons. The Morgan fingerprint density at radius 2 is 1.65 bits per heavy atom. The van der Waals surface area contributed by atoms with Crippen molar-refractivity contribution in [1.82, 2.24) is 9.21 Å². The average molecular weight is 533 g/mol. The molecule has 1 aliphatic rings. The highest BCUT2D eigenvalue weighted by Gasteiger charge is 2.39. The van der Waals surface area contributed by atoms with E-state index in [2.05, 4.69) is 48.4 Å². The van der Waals surface area contributed by atoms with Crippen LogP contribution >= 0.6 is 11.6 Å². The van der Waals surface area contributed by atoms with Gasteiger partial charge in [-0.1, -0.05) is 103 Å². The first-order chi connectivity index (χ1) is 17.9. The Morgan fingerprint density at radius 1 is 0.946 bits per heavy atom. The predicted molar refractivity (Wildman–Crippen MR) is 154 cm³/mol. The van der Waals surface area contributed by atoms with E-state index in [1.54, 1.807) is 34.6 Å². The maximum absolute atomic E-state index is 13.7. The standard InChI is InChI=1S/C31H33ClN2O2S/c1-3-5-12-27(11-4-2)31-24-33(21-22-34(31)37(35,36)28-13-7-6-8-14-28)23-25-17-19-26(20-18-25)29-15-9-10-16-30(29)32/h3-10,12-20,27,31H,1-2,11,21-24H2/b12-5-/t27?,31-/m1/s1. The largest absolute Gasteiger partial charge is 0.296 e. The lowest BCUT2D eigenvalue weighted by molar-refractivity contribution is 0.106. The van der Waals surface area contributed by atoms with E-state index in [1.807, 2.05) is 42.5 Å². The summed E-state index contributed by atoms with van der Waals surface area (Å²) in [4.78, 5) is 2.66. The van der Waals surface area contributed by atoms with Crippen molar-refractivity contribution in [3.63, 3.8) is 0 Å². The van der Waals surface area contributed by atoms with Crippen molar-refractivity contribution in [2.24, 2.45) is 5.92 Å². The van der Waals surface area contributed by atoms with E-state index in [0.717, 1.165) is 22.7 Å². The number of piperazine rings is 1. The number of halogens is 1. The van der Waals surface area contributed by atoms with Gasteiger partial charge in [0.2, 0.25) is 10.0 Å². The zero-order valence-electron chi connectivity index (χ0n) is 20.9. The van der Waals surface area contributed by atoms with Gasteiger partial charge in [-0.15, -0.1) is 6.58 Å². The molecule has 37 heavy (non-hydrogen) atoms. The van der Waals surface area contributed by atoms with Crippen molar-refractivity contribution in [2.75, 3.05) is 19.6 Å². The fraction of sp³-hybridized carbons (Fsp3) is 0.226. The van der Waals surface area contributed by atoms with Crippen molar-refractivity contribution in [3.05, 3.63) is 127 Å². The first kappa shape index (κ1) is 27.1. The summed E-state index contributed by atoms with van der Waals surface area (Å²) in [5.41, 5.74) is 3.26. The Balaban J connectivity index is 1.57. The highest BCUT2D eigenvalue weighted by atomic mass is 35.5. The predicted octanol–water partition coefficient (Wildman–Crippen LogP) is 6.82. The molecule has 0 aliphatic carbocycles. The molecule has 0 amide bonds. The third kappa shape index (κ3) is 6.49. The van der Waals surface area contributed by atoms with Gasteiger partial charge in [0.1, 0.15) is 0 Å². The Morgan fingerprint density at radius 3 is 2.32 bits per heavy atom. The third-order valence-electron chi connectivity index (χ3n) is 6.77. The number of nitrogens with zero attached hydrogens (tertiary/aromatic N) is 2. The fourth-order valence-corrected chi connectivity index (χ4v) is 6.81. The van der Waals surface area contributed by atoms with Crippen LogP contribution in [0.3, 0.4) is 0 Å². The van der Waals surface area contributed by atoms with Gasteiger partial charge < -0.3 is 0 Å². The topological polar surface area (TPSA) is 40.6 Å². The fourth-order valence-electron chi connectivity index (χ4n) is 4.89. The monoisotopic (exact) mass is 532 g/mol. The maximum Gasteiger partial charge on any atom is 0.243 e. The Labute approximate surface area is 226 Å². The summed E-state index contributed by atoms with van der Waals surface area (Å²) < 4.78 is 29.0. The van der Waals surface area contributed by atoms with Crippen molar-refractivity contribution in [3.8, 4) is 11.1 Å². The first-order valence-electron chi connectivity index (χ1n) is 12.5. The molecule has 6 heteroatoms. The second-order valence-electron chi connectivity index (χ2n) is 9.22. The van der Waals surface area contributed by atoms with E-state index in [4.69, 9.17) is 11.6 Å². The highest BCUT2D eigenvalue weighted by molar-refractivity contribution is 7.89. The van der Waals surface area contributed by atoms with Crippen LogP contribution in [0.1, 0.15) is 12.0 Å². The van der Waals surface area contributed by atoms with Gasteiger partial charge in [0.05, 0.1) is 4.90 Å². The van der Waals surface area contributed by atoms with Crippen LogP contribution in [0.5, 0.6) is 0 Å². The van der Waals surface area contributed by atoms with E-state index in [9.17, 15) is 8.42 Å². The molecule has 0 aromatic heterocycles. The number of sulfonamides is 1. The van der Waals surface area contributed by atoms with Crippen LogP contribution in [0, 0.1) is 5.92 Å². The van der Waals surface area contributed by atoms with Crippen molar-refractivity contribution in [2.45, 2.75) is 23.9 Å². The van der Waals surface area contributed by atoms with Crippen molar-refractivity contribution >= 4 is 21.6 Å². The average Bonchev–Trinajstić information content (AvgIpc) is 2.92. The Hall–Kier alpha value is -2.96. The minimum absolute atomic E-state index is 0.0145. The van der Waals surface area contributed by atoms with Crippen LogP contribution in [-0.4, -0.2) is 43.3 Å². The van der Waals surface area contributed by atoms with Crippen molar-refractivity contribution in [1.29, 1.82) is 0 Å². The van der Waals surface area contributed by atoms with E-state index in [0.29, 0.717) is 31.0 Å². The maximum atomic E-state index is 13.7. The molecule has 1 unspecified atom stereocenters. The zero-order chi connectivity index (χ0) is 26.3. The van der Waals surface area contributed by atoms with Gasteiger partial charge in [-0.3, -0.25) is 4.90 Å². The van der Waals surface area contributed by atoms with Crippen molar-refractivity contribution < 1.29 is 8.42 Å². The molecule has 4 nitrogen and oxygen atoms in total. The van der Waals surface area contributed by atoms with E-state index >= 15 is 0 Å². The molecule has 3 aromatic rings. The van der Waals surface area contributed by atoms with Gasteiger partial charge in [-0.25, -0.2) is 8.42 Å². The zero-order valence-corrected chi connectivity index (χ0v) is 22.5. The van der Waals surface area contributed by atoms with Gasteiger partial charge in [-0.05, 0) is 41.7 Å². The molecule has 4 rings (SSSR count). The summed E-state index contributed by atoms with van der Waals surface area (Å²) in [6, 6.07) is 24.7. The molecule has 0 N–H and O–H groups in total. The second kappa shape index (κ2) is 12.5. The summed E-state index contributed by atoms with van der Waals surface area (Å²) in [5, 5.41) is 0.731.